The predicted octanol–water partition coefficient (Wildman–Crippen LogP) is 2.54. The monoisotopic (exact) mass is 385 g/mol. The molecule has 2 saturated heterocycles. The third kappa shape index (κ3) is 6.78. The molecule has 156 valence electrons. The SMILES string of the molecule is CN=C(NCCCN1CCCN(C)CC1)N1CCC(Cc2ccccc2)CC1. The van der Waals surface area contributed by atoms with Gasteiger partial charge in [-0.1, -0.05) is 30.3 Å². The lowest BCUT2D eigenvalue weighted by atomic mass is 9.90. The molecule has 28 heavy (non-hydrogen) atoms. The number of aliphatic imine (C=N–C) groups is 1. The predicted molar refractivity (Wildman–Crippen MR) is 119 cm³/mol. The van der Waals surface area contributed by atoms with E-state index in [-0.39, 0.29) is 0 Å². The Labute approximate surface area is 171 Å². The van der Waals surface area contributed by atoms with Crippen LogP contribution in [0.1, 0.15) is 31.2 Å². The third-order valence-corrected chi connectivity index (χ3v) is 6.24. The highest BCUT2D eigenvalue weighted by Crippen LogP contribution is 2.21. The highest BCUT2D eigenvalue weighted by Gasteiger charge is 2.21. The Balaban J connectivity index is 1.33. The van der Waals surface area contributed by atoms with Crippen molar-refractivity contribution in [3.8, 4) is 0 Å². The van der Waals surface area contributed by atoms with Crippen LogP contribution in [0.4, 0.5) is 0 Å². The summed E-state index contributed by atoms with van der Waals surface area (Å²) in [5, 5.41) is 3.61. The number of benzene rings is 1. The second-order valence-electron chi connectivity index (χ2n) is 8.45. The molecule has 5 heteroatoms. The molecule has 1 N–H and O–H groups in total. The standard InChI is InChI=1S/C23H39N5/c1-24-23(25-12-6-14-27-15-7-13-26(2)18-19-27)28-16-10-22(11-17-28)20-21-8-4-3-5-9-21/h3-5,8-9,22H,6-7,10-20H2,1-2H3,(H,24,25). The van der Waals surface area contributed by atoms with Gasteiger partial charge in [-0.15, -0.1) is 0 Å². The van der Waals surface area contributed by atoms with Gasteiger partial charge in [0.2, 0.25) is 0 Å². The number of likely N-dealkylation sites (tertiary alicyclic amines) is 1. The molecule has 2 heterocycles. The van der Waals surface area contributed by atoms with Gasteiger partial charge in [-0.2, -0.15) is 0 Å². The third-order valence-electron chi connectivity index (χ3n) is 6.24. The van der Waals surface area contributed by atoms with Crippen molar-refractivity contribution in [2.24, 2.45) is 10.9 Å². The van der Waals surface area contributed by atoms with E-state index in [2.05, 4.69) is 62.4 Å². The van der Waals surface area contributed by atoms with Crippen LogP contribution in [0.15, 0.2) is 35.3 Å². The summed E-state index contributed by atoms with van der Waals surface area (Å²) < 4.78 is 0. The molecule has 0 bridgehead atoms. The van der Waals surface area contributed by atoms with Crippen LogP contribution in [0, 0.1) is 5.92 Å². The molecular formula is C23H39N5. The van der Waals surface area contributed by atoms with Crippen LogP contribution in [0.25, 0.3) is 0 Å². The maximum Gasteiger partial charge on any atom is 0.193 e. The van der Waals surface area contributed by atoms with E-state index < -0.39 is 0 Å². The number of hydrogen-bond donors (Lipinski definition) is 1. The van der Waals surface area contributed by atoms with Crippen molar-refractivity contribution in [3.63, 3.8) is 0 Å². The van der Waals surface area contributed by atoms with E-state index in [0.717, 1.165) is 31.5 Å². The van der Waals surface area contributed by atoms with E-state index in [1.165, 1.54) is 70.4 Å². The zero-order valence-electron chi connectivity index (χ0n) is 17.9. The van der Waals surface area contributed by atoms with Crippen molar-refractivity contribution < 1.29 is 0 Å². The molecule has 0 aliphatic carbocycles. The molecule has 0 radical (unpaired) electrons. The molecule has 2 aliphatic heterocycles. The number of rotatable bonds is 6. The largest absolute Gasteiger partial charge is 0.356 e. The van der Waals surface area contributed by atoms with Crippen LogP contribution >= 0.6 is 0 Å². The molecular weight excluding hydrogens is 346 g/mol. The zero-order chi connectivity index (χ0) is 19.6. The van der Waals surface area contributed by atoms with Crippen molar-refractivity contribution in [2.45, 2.75) is 32.1 Å². The van der Waals surface area contributed by atoms with Gasteiger partial charge >= 0.3 is 0 Å². The Morgan fingerprint density at radius 3 is 2.57 bits per heavy atom. The average molecular weight is 386 g/mol. The van der Waals surface area contributed by atoms with Gasteiger partial charge in [0, 0.05) is 39.8 Å². The molecule has 0 saturated carbocycles. The van der Waals surface area contributed by atoms with Gasteiger partial charge in [0.15, 0.2) is 5.96 Å². The maximum absolute atomic E-state index is 4.54. The first kappa shape index (κ1) is 21.1. The minimum absolute atomic E-state index is 0.804. The zero-order valence-corrected chi connectivity index (χ0v) is 17.9. The molecule has 0 amide bonds. The minimum atomic E-state index is 0.804. The Morgan fingerprint density at radius 1 is 1.04 bits per heavy atom. The Bertz CT molecular complexity index is 580. The van der Waals surface area contributed by atoms with Crippen molar-refractivity contribution in [3.05, 3.63) is 35.9 Å². The normalized spacial score (nSPS) is 20.9. The second-order valence-corrected chi connectivity index (χ2v) is 8.45. The van der Waals surface area contributed by atoms with E-state index in [9.17, 15) is 0 Å². The quantitative estimate of drug-likeness (QED) is 0.464. The molecule has 0 unspecified atom stereocenters. The number of likely N-dealkylation sites (N-methyl/N-ethyl adjacent to an activating group) is 1. The Morgan fingerprint density at radius 2 is 1.82 bits per heavy atom. The van der Waals surface area contributed by atoms with E-state index >= 15 is 0 Å². The fourth-order valence-electron chi connectivity index (χ4n) is 4.46. The maximum atomic E-state index is 4.54. The van der Waals surface area contributed by atoms with Gasteiger partial charge < -0.3 is 20.0 Å². The summed E-state index contributed by atoms with van der Waals surface area (Å²) in [6, 6.07) is 10.9. The van der Waals surface area contributed by atoms with Gasteiger partial charge in [0.25, 0.3) is 0 Å². The second kappa shape index (κ2) is 11.4. The van der Waals surface area contributed by atoms with Crippen molar-refractivity contribution in [2.75, 3.05) is 66.5 Å². The van der Waals surface area contributed by atoms with Gasteiger partial charge in [0.05, 0.1) is 0 Å². The lowest BCUT2D eigenvalue weighted by Crippen LogP contribution is -2.46. The number of nitrogens with one attached hydrogen (secondary N) is 1. The molecule has 1 aromatic rings. The molecule has 2 fully saturated rings. The first-order valence-electron chi connectivity index (χ1n) is 11.1. The first-order valence-corrected chi connectivity index (χ1v) is 11.1. The first-order chi connectivity index (χ1) is 13.7. The van der Waals surface area contributed by atoms with Crippen LogP contribution in [-0.2, 0) is 6.42 Å². The number of nitrogens with zero attached hydrogens (tertiary/aromatic N) is 4. The van der Waals surface area contributed by atoms with Gasteiger partial charge in [-0.3, -0.25) is 4.99 Å². The highest BCUT2D eigenvalue weighted by atomic mass is 15.3. The molecule has 0 spiro atoms. The van der Waals surface area contributed by atoms with Crippen LogP contribution in [-0.4, -0.2) is 87.1 Å². The lowest BCUT2D eigenvalue weighted by molar-refractivity contribution is 0.256. The van der Waals surface area contributed by atoms with E-state index in [1.807, 2.05) is 7.05 Å². The smallest absolute Gasteiger partial charge is 0.193 e. The summed E-state index contributed by atoms with van der Waals surface area (Å²) >= 11 is 0. The fraction of sp³-hybridized carbons (Fsp3) is 0.696. The minimum Gasteiger partial charge on any atom is -0.356 e. The van der Waals surface area contributed by atoms with Crippen LogP contribution < -0.4 is 5.32 Å². The summed E-state index contributed by atoms with van der Waals surface area (Å²) in [7, 11) is 4.15. The van der Waals surface area contributed by atoms with E-state index in [0.29, 0.717) is 0 Å². The molecule has 3 rings (SSSR count). The Kier molecular flexibility index (Phi) is 8.62. The van der Waals surface area contributed by atoms with Crippen molar-refractivity contribution in [1.29, 1.82) is 0 Å². The summed E-state index contributed by atoms with van der Waals surface area (Å²) in [4.78, 5) is 12.0. The van der Waals surface area contributed by atoms with Crippen molar-refractivity contribution >= 4 is 5.96 Å². The summed E-state index contributed by atoms with van der Waals surface area (Å²) in [6.45, 7) is 9.34. The summed E-state index contributed by atoms with van der Waals surface area (Å²) in [5.74, 6) is 1.90. The van der Waals surface area contributed by atoms with Crippen molar-refractivity contribution in [1.82, 2.24) is 20.0 Å². The number of piperidine rings is 1. The molecule has 5 nitrogen and oxygen atoms in total. The highest BCUT2D eigenvalue weighted by molar-refractivity contribution is 5.79. The Hall–Kier alpha value is -1.59. The number of hydrogen-bond acceptors (Lipinski definition) is 3. The molecule has 1 aromatic carbocycles. The summed E-state index contributed by atoms with van der Waals surface area (Å²) in [6.07, 6.45) is 6.22. The molecule has 0 aromatic heterocycles. The fourth-order valence-corrected chi connectivity index (χ4v) is 4.46. The van der Waals surface area contributed by atoms with E-state index in [4.69, 9.17) is 0 Å². The van der Waals surface area contributed by atoms with Crippen LogP contribution in [0.5, 0.6) is 0 Å². The van der Waals surface area contributed by atoms with Crippen LogP contribution in [0.3, 0.4) is 0 Å². The van der Waals surface area contributed by atoms with Gasteiger partial charge in [-0.05, 0) is 70.3 Å². The average Bonchev–Trinajstić information content (AvgIpc) is 2.94. The van der Waals surface area contributed by atoms with Gasteiger partial charge in [-0.25, -0.2) is 0 Å². The molecule has 2 aliphatic rings. The topological polar surface area (TPSA) is 34.1 Å². The molecule has 0 atom stereocenters. The van der Waals surface area contributed by atoms with E-state index in [1.54, 1.807) is 0 Å². The van der Waals surface area contributed by atoms with Crippen LogP contribution in [0.2, 0.25) is 0 Å². The summed E-state index contributed by atoms with van der Waals surface area (Å²) in [5.41, 5.74) is 1.48. The number of guanidine groups is 1. The van der Waals surface area contributed by atoms with Gasteiger partial charge in [0.1, 0.15) is 0 Å². The lowest BCUT2D eigenvalue weighted by Gasteiger charge is -2.34.